The highest BCUT2D eigenvalue weighted by molar-refractivity contribution is 5.91. The molecule has 2 N–H and O–H groups in total. The smallest absolute Gasteiger partial charge is 0.279 e. The SMILES string of the molecule is COc1cccc(NC(=O)C[NH+](C)C/C=C/c2ccccc2)c1. The van der Waals surface area contributed by atoms with E-state index in [0.717, 1.165) is 22.9 Å². The second-order valence-electron chi connectivity index (χ2n) is 5.43. The van der Waals surface area contributed by atoms with E-state index >= 15 is 0 Å². The maximum Gasteiger partial charge on any atom is 0.279 e. The van der Waals surface area contributed by atoms with Gasteiger partial charge in [-0.3, -0.25) is 4.79 Å². The fourth-order valence-electron chi connectivity index (χ4n) is 2.21. The van der Waals surface area contributed by atoms with E-state index < -0.39 is 0 Å². The molecule has 0 fully saturated rings. The zero-order chi connectivity index (χ0) is 16.5. The van der Waals surface area contributed by atoms with Crippen LogP contribution in [-0.2, 0) is 4.79 Å². The summed E-state index contributed by atoms with van der Waals surface area (Å²) in [6, 6.07) is 17.5. The Kier molecular flexibility index (Phi) is 6.39. The van der Waals surface area contributed by atoms with Crippen LogP contribution in [0.5, 0.6) is 5.75 Å². The first-order valence-corrected chi connectivity index (χ1v) is 7.64. The minimum atomic E-state index is -0.0103. The normalized spacial score (nSPS) is 12.1. The summed E-state index contributed by atoms with van der Waals surface area (Å²) in [5.41, 5.74) is 1.92. The molecule has 2 rings (SSSR count). The van der Waals surface area contributed by atoms with Gasteiger partial charge in [0.15, 0.2) is 6.54 Å². The van der Waals surface area contributed by atoms with Gasteiger partial charge in [0.1, 0.15) is 5.75 Å². The van der Waals surface area contributed by atoms with Crippen LogP contribution in [0.1, 0.15) is 5.56 Å². The van der Waals surface area contributed by atoms with Crippen LogP contribution < -0.4 is 15.0 Å². The number of methoxy groups -OCH3 is 1. The lowest BCUT2D eigenvalue weighted by Gasteiger charge is -2.12. The molecule has 2 aromatic rings. The van der Waals surface area contributed by atoms with Crippen molar-refractivity contribution in [2.24, 2.45) is 0 Å². The minimum absolute atomic E-state index is 0.0103. The molecular formula is C19H23N2O2+. The summed E-state index contributed by atoms with van der Waals surface area (Å²) in [5, 5.41) is 2.89. The van der Waals surface area contributed by atoms with E-state index in [1.807, 2.05) is 49.5 Å². The number of amides is 1. The third-order valence-corrected chi connectivity index (χ3v) is 3.39. The molecule has 0 aliphatic heterocycles. The standard InChI is InChI=1S/C19H22N2O2/c1-21(13-7-10-16-8-4-3-5-9-16)15-19(22)20-17-11-6-12-18(14-17)23-2/h3-12,14H,13,15H2,1-2H3,(H,20,22)/p+1/b10-7+. The monoisotopic (exact) mass is 311 g/mol. The molecule has 1 unspecified atom stereocenters. The van der Waals surface area contributed by atoms with E-state index in [1.54, 1.807) is 7.11 Å². The predicted octanol–water partition coefficient (Wildman–Crippen LogP) is 1.86. The molecule has 1 amide bonds. The van der Waals surface area contributed by atoms with Gasteiger partial charge in [0, 0.05) is 11.8 Å². The Morgan fingerprint density at radius 1 is 1.17 bits per heavy atom. The lowest BCUT2D eigenvalue weighted by Crippen LogP contribution is -3.09. The van der Waals surface area contributed by atoms with E-state index in [-0.39, 0.29) is 5.91 Å². The fraction of sp³-hybridized carbons (Fsp3) is 0.211. The molecule has 0 spiro atoms. The number of anilines is 1. The zero-order valence-electron chi connectivity index (χ0n) is 13.6. The van der Waals surface area contributed by atoms with Gasteiger partial charge in [0.25, 0.3) is 5.91 Å². The van der Waals surface area contributed by atoms with Crippen molar-refractivity contribution in [2.75, 3.05) is 32.6 Å². The number of carbonyl (C=O) groups excluding carboxylic acids is 1. The van der Waals surface area contributed by atoms with Crippen LogP contribution >= 0.6 is 0 Å². The first-order chi connectivity index (χ1) is 11.2. The zero-order valence-corrected chi connectivity index (χ0v) is 13.6. The van der Waals surface area contributed by atoms with Crippen molar-refractivity contribution in [3.63, 3.8) is 0 Å². The first-order valence-electron chi connectivity index (χ1n) is 7.64. The van der Waals surface area contributed by atoms with Crippen LogP contribution in [0, 0.1) is 0 Å². The highest BCUT2D eigenvalue weighted by atomic mass is 16.5. The van der Waals surface area contributed by atoms with Crippen molar-refractivity contribution >= 4 is 17.7 Å². The molecule has 0 radical (unpaired) electrons. The Balaban J connectivity index is 1.79. The number of hydrogen-bond donors (Lipinski definition) is 2. The molecular weight excluding hydrogens is 288 g/mol. The largest absolute Gasteiger partial charge is 0.497 e. The molecule has 1 atom stereocenters. The highest BCUT2D eigenvalue weighted by Crippen LogP contribution is 2.16. The quantitative estimate of drug-likeness (QED) is 0.820. The van der Waals surface area contributed by atoms with Crippen molar-refractivity contribution in [1.29, 1.82) is 0 Å². The lowest BCUT2D eigenvalue weighted by atomic mass is 10.2. The van der Waals surface area contributed by atoms with E-state index in [4.69, 9.17) is 4.74 Å². The Hall–Kier alpha value is -2.59. The van der Waals surface area contributed by atoms with Crippen LogP contribution in [0.4, 0.5) is 5.69 Å². The van der Waals surface area contributed by atoms with Gasteiger partial charge < -0.3 is 15.0 Å². The molecule has 0 aromatic heterocycles. The molecule has 0 heterocycles. The highest BCUT2D eigenvalue weighted by Gasteiger charge is 2.09. The third-order valence-electron chi connectivity index (χ3n) is 3.39. The molecule has 0 bridgehead atoms. The van der Waals surface area contributed by atoms with Gasteiger partial charge in [-0.1, -0.05) is 42.5 Å². The number of likely N-dealkylation sites (N-methyl/N-ethyl adjacent to an activating group) is 1. The average molecular weight is 311 g/mol. The molecule has 0 aliphatic rings. The summed E-state index contributed by atoms with van der Waals surface area (Å²) in [7, 11) is 3.61. The van der Waals surface area contributed by atoms with Crippen molar-refractivity contribution in [3.8, 4) is 5.75 Å². The number of rotatable bonds is 7. The summed E-state index contributed by atoms with van der Waals surface area (Å²) < 4.78 is 5.15. The maximum atomic E-state index is 12.1. The molecule has 0 saturated carbocycles. The van der Waals surface area contributed by atoms with Gasteiger partial charge in [-0.25, -0.2) is 0 Å². The van der Waals surface area contributed by atoms with Gasteiger partial charge in [-0.05, 0) is 23.8 Å². The first kappa shape index (κ1) is 16.8. The molecule has 0 aliphatic carbocycles. The van der Waals surface area contributed by atoms with Crippen molar-refractivity contribution in [3.05, 3.63) is 66.2 Å². The number of benzene rings is 2. The second kappa shape index (κ2) is 8.76. The van der Waals surface area contributed by atoms with E-state index in [9.17, 15) is 4.79 Å². The van der Waals surface area contributed by atoms with Crippen LogP contribution in [0.25, 0.3) is 6.08 Å². The Morgan fingerprint density at radius 2 is 1.96 bits per heavy atom. The fourth-order valence-corrected chi connectivity index (χ4v) is 2.21. The Morgan fingerprint density at radius 3 is 2.70 bits per heavy atom. The second-order valence-corrected chi connectivity index (χ2v) is 5.43. The Bertz CT molecular complexity index is 653. The molecule has 120 valence electrons. The molecule has 0 saturated heterocycles. The van der Waals surface area contributed by atoms with Crippen LogP contribution in [0.2, 0.25) is 0 Å². The van der Waals surface area contributed by atoms with Gasteiger partial charge in [0.2, 0.25) is 0 Å². The van der Waals surface area contributed by atoms with Gasteiger partial charge in [-0.2, -0.15) is 0 Å². The van der Waals surface area contributed by atoms with Crippen LogP contribution in [0.15, 0.2) is 60.7 Å². The summed E-state index contributed by atoms with van der Waals surface area (Å²) in [6.45, 7) is 1.21. The van der Waals surface area contributed by atoms with Gasteiger partial charge in [-0.15, -0.1) is 0 Å². The molecule has 4 nitrogen and oxygen atoms in total. The van der Waals surface area contributed by atoms with Gasteiger partial charge >= 0.3 is 0 Å². The number of hydrogen-bond acceptors (Lipinski definition) is 2. The molecule has 23 heavy (non-hydrogen) atoms. The number of quaternary nitrogens is 1. The van der Waals surface area contributed by atoms with Crippen LogP contribution in [-0.4, -0.2) is 33.2 Å². The Labute approximate surface area is 137 Å². The minimum Gasteiger partial charge on any atom is -0.497 e. The van der Waals surface area contributed by atoms with E-state index in [2.05, 4.69) is 29.6 Å². The maximum absolute atomic E-state index is 12.1. The number of ether oxygens (including phenoxy) is 1. The van der Waals surface area contributed by atoms with Crippen LogP contribution in [0.3, 0.4) is 0 Å². The predicted molar refractivity (Wildman–Crippen MR) is 93.7 cm³/mol. The van der Waals surface area contributed by atoms with Crippen molar-refractivity contribution in [1.82, 2.24) is 0 Å². The summed E-state index contributed by atoms with van der Waals surface area (Å²) in [6.07, 6.45) is 4.16. The average Bonchev–Trinajstić information content (AvgIpc) is 2.56. The summed E-state index contributed by atoms with van der Waals surface area (Å²) in [4.78, 5) is 13.2. The number of carbonyl (C=O) groups is 1. The van der Waals surface area contributed by atoms with E-state index in [1.165, 1.54) is 5.56 Å². The van der Waals surface area contributed by atoms with E-state index in [0.29, 0.717) is 6.54 Å². The molecule has 2 aromatic carbocycles. The summed E-state index contributed by atoms with van der Waals surface area (Å²) in [5.74, 6) is 0.721. The summed E-state index contributed by atoms with van der Waals surface area (Å²) >= 11 is 0. The lowest BCUT2D eigenvalue weighted by molar-refractivity contribution is -0.864. The van der Waals surface area contributed by atoms with Crippen molar-refractivity contribution < 1.29 is 14.4 Å². The molecule has 4 heteroatoms. The van der Waals surface area contributed by atoms with Crippen molar-refractivity contribution in [2.45, 2.75) is 0 Å². The third kappa shape index (κ3) is 5.96. The van der Waals surface area contributed by atoms with Gasteiger partial charge in [0.05, 0.1) is 20.7 Å². The number of nitrogens with one attached hydrogen (secondary N) is 2. The topological polar surface area (TPSA) is 42.8 Å².